The largest absolute Gasteiger partial charge is 0.384 e. The number of aromatic nitrogens is 2. The summed E-state index contributed by atoms with van der Waals surface area (Å²) >= 11 is 0. The Kier molecular flexibility index (Phi) is 7.23. The first-order valence-electron chi connectivity index (χ1n) is 13.0. The Bertz CT molecular complexity index is 1340. The number of nitrogens with zero attached hydrogens (tertiary/aromatic N) is 3. The van der Waals surface area contributed by atoms with Crippen molar-refractivity contribution in [1.82, 2.24) is 20.2 Å². The number of hydrogen-bond donors (Lipinski definition) is 3. The normalized spacial score (nSPS) is 17.4. The van der Waals surface area contributed by atoms with Crippen LogP contribution in [-0.2, 0) is 17.8 Å². The van der Waals surface area contributed by atoms with Crippen molar-refractivity contribution in [1.29, 1.82) is 0 Å². The van der Waals surface area contributed by atoms with Gasteiger partial charge in [0.15, 0.2) is 0 Å². The highest BCUT2D eigenvalue weighted by Gasteiger charge is 2.24. The summed E-state index contributed by atoms with van der Waals surface area (Å²) in [6, 6.07) is 8.58. The van der Waals surface area contributed by atoms with Crippen molar-refractivity contribution in [3.63, 3.8) is 0 Å². The fourth-order valence-corrected chi connectivity index (χ4v) is 5.36. The summed E-state index contributed by atoms with van der Waals surface area (Å²) in [6.45, 7) is 9.56. The van der Waals surface area contributed by atoms with Crippen molar-refractivity contribution in [2.45, 2.75) is 45.2 Å². The van der Waals surface area contributed by atoms with Crippen LogP contribution in [0, 0.1) is 6.92 Å². The molecule has 1 amide bonds. The number of rotatable bonds is 5. The number of anilines is 2. The summed E-state index contributed by atoms with van der Waals surface area (Å²) in [5.74, 6) is 0.892. The molecule has 1 aliphatic carbocycles. The van der Waals surface area contributed by atoms with E-state index >= 15 is 0 Å². The number of nitrogens with one attached hydrogen (secondary N) is 3. The van der Waals surface area contributed by atoms with Crippen LogP contribution >= 0.6 is 0 Å². The van der Waals surface area contributed by atoms with E-state index in [4.69, 9.17) is 4.79 Å². The SMILES string of the molecule is C=O.Cc1cc(CN2CCN(c3ccc(C(=O)NC4CC4)cn3)CC2)cc2[nH]c(=O)c3c(c12)NCCC3. The van der Waals surface area contributed by atoms with Gasteiger partial charge >= 0.3 is 0 Å². The van der Waals surface area contributed by atoms with Crippen molar-refractivity contribution in [3.05, 3.63) is 63.1 Å². The first-order valence-corrected chi connectivity index (χ1v) is 13.0. The molecular formula is C28H34N6O3. The lowest BCUT2D eigenvalue weighted by Crippen LogP contribution is -2.46. The van der Waals surface area contributed by atoms with Gasteiger partial charge in [-0.3, -0.25) is 14.5 Å². The smallest absolute Gasteiger partial charge is 0.253 e. The topological polar surface area (TPSA) is 110 Å². The average Bonchev–Trinajstić information content (AvgIpc) is 3.74. The van der Waals surface area contributed by atoms with Crippen molar-refractivity contribution in [2.75, 3.05) is 42.9 Å². The first-order chi connectivity index (χ1) is 18.0. The molecule has 3 aliphatic rings. The zero-order valence-electron chi connectivity index (χ0n) is 21.3. The van der Waals surface area contributed by atoms with E-state index in [0.29, 0.717) is 11.6 Å². The van der Waals surface area contributed by atoms with Crippen molar-refractivity contribution in [2.24, 2.45) is 0 Å². The van der Waals surface area contributed by atoms with Crippen LogP contribution in [0.15, 0.2) is 35.3 Å². The molecule has 37 heavy (non-hydrogen) atoms. The van der Waals surface area contributed by atoms with Gasteiger partial charge in [0.1, 0.15) is 12.6 Å². The van der Waals surface area contributed by atoms with E-state index < -0.39 is 0 Å². The third kappa shape index (κ3) is 5.36. The van der Waals surface area contributed by atoms with Gasteiger partial charge in [0.25, 0.3) is 11.5 Å². The van der Waals surface area contributed by atoms with Crippen LogP contribution in [0.5, 0.6) is 0 Å². The number of piperazine rings is 1. The third-order valence-electron chi connectivity index (χ3n) is 7.40. The van der Waals surface area contributed by atoms with Crippen LogP contribution in [-0.4, -0.2) is 66.3 Å². The Balaban J connectivity index is 0.00000137. The molecule has 3 N–H and O–H groups in total. The summed E-state index contributed by atoms with van der Waals surface area (Å²) in [7, 11) is 0. The molecule has 0 radical (unpaired) electrons. The highest BCUT2D eigenvalue weighted by atomic mass is 16.1. The van der Waals surface area contributed by atoms with E-state index in [2.05, 4.69) is 49.5 Å². The molecule has 2 aliphatic heterocycles. The fraction of sp³-hybridized carbons (Fsp3) is 0.429. The van der Waals surface area contributed by atoms with Gasteiger partial charge in [0, 0.05) is 62.5 Å². The average molecular weight is 503 g/mol. The second kappa shape index (κ2) is 10.7. The molecule has 9 nitrogen and oxygen atoms in total. The number of hydrogen-bond acceptors (Lipinski definition) is 7. The minimum absolute atomic E-state index is 0.0281. The van der Waals surface area contributed by atoms with Crippen LogP contribution in [0.3, 0.4) is 0 Å². The monoisotopic (exact) mass is 502 g/mol. The minimum atomic E-state index is -0.0281. The van der Waals surface area contributed by atoms with Gasteiger partial charge in [-0.2, -0.15) is 0 Å². The van der Waals surface area contributed by atoms with Crippen LogP contribution in [0.2, 0.25) is 0 Å². The number of aryl methyl sites for hydroxylation is 1. The molecule has 6 rings (SSSR count). The summed E-state index contributed by atoms with van der Waals surface area (Å²) in [5.41, 5.74) is 5.92. The highest BCUT2D eigenvalue weighted by Crippen LogP contribution is 2.31. The van der Waals surface area contributed by atoms with E-state index in [9.17, 15) is 9.59 Å². The van der Waals surface area contributed by atoms with Gasteiger partial charge in [0.05, 0.1) is 16.8 Å². The van der Waals surface area contributed by atoms with Crippen LogP contribution in [0.1, 0.15) is 46.3 Å². The maximum atomic E-state index is 12.6. The van der Waals surface area contributed by atoms with Crippen molar-refractivity contribution < 1.29 is 9.59 Å². The summed E-state index contributed by atoms with van der Waals surface area (Å²) in [5, 5.41) is 7.62. The molecule has 9 heteroatoms. The maximum Gasteiger partial charge on any atom is 0.253 e. The lowest BCUT2D eigenvalue weighted by Gasteiger charge is -2.35. The highest BCUT2D eigenvalue weighted by molar-refractivity contribution is 5.96. The zero-order chi connectivity index (χ0) is 25.9. The molecule has 0 atom stereocenters. The van der Waals surface area contributed by atoms with Crippen LogP contribution in [0.4, 0.5) is 11.5 Å². The Morgan fingerprint density at radius 3 is 2.65 bits per heavy atom. The van der Waals surface area contributed by atoms with Gasteiger partial charge in [-0.1, -0.05) is 6.07 Å². The Hall–Kier alpha value is -3.72. The number of carbonyl (C=O) groups excluding carboxylic acids is 2. The molecule has 1 aromatic carbocycles. The molecule has 4 heterocycles. The molecule has 194 valence electrons. The number of H-pyrrole nitrogens is 1. The fourth-order valence-electron chi connectivity index (χ4n) is 5.36. The number of carbonyl (C=O) groups is 2. The second-order valence-corrected chi connectivity index (χ2v) is 10.1. The molecule has 1 saturated carbocycles. The molecule has 1 saturated heterocycles. The lowest BCUT2D eigenvalue weighted by molar-refractivity contribution is -0.0980. The van der Waals surface area contributed by atoms with E-state index in [0.717, 1.165) is 92.9 Å². The van der Waals surface area contributed by atoms with Gasteiger partial charge < -0.3 is 25.3 Å². The van der Waals surface area contributed by atoms with E-state index in [1.165, 1.54) is 11.1 Å². The number of fused-ring (bicyclic) bond motifs is 3. The number of pyridine rings is 2. The molecule has 0 bridgehead atoms. The van der Waals surface area contributed by atoms with E-state index in [1.54, 1.807) is 6.20 Å². The number of aromatic amines is 1. The number of benzene rings is 1. The van der Waals surface area contributed by atoms with E-state index in [-0.39, 0.29) is 11.5 Å². The predicted molar refractivity (Wildman–Crippen MR) is 145 cm³/mol. The van der Waals surface area contributed by atoms with Crippen molar-refractivity contribution >= 4 is 35.1 Å². The molecule has 3 aromatic rings. The molecule has 0 unspecified atom stereocenters. The van der Waals surface area contributed by atoms with E-state index in [1.807, 2.05) is 18.9 Å². The minimum Gasteiger partial charge on any atom is -0.384 e. The van der Waals surface area contributed by atoms with Crippen LogP contribution < -0.4 is 21.1 Å². The molecule has 2 aromatic heterocycles. The molecule has 2 fully saturated rings. The molecular weight excluding hydrogens is 468 g/mol. The predicted octanol–water partition coefficient (Wildman–Crippen LogP) is 2.62. The first kappa shape index (κ1) is 25.0. The molecule has 0 spiro atoms. The second-order valence-electron chi connectivity index (χ2n) is 10.1. The summed E-state index contributed by atoms with van der Waals surface area (Å²) < 4.78 is 0. The quantitative estimate of drug-likeness (QED) is 0.492. The summed E-state index contributed by atoms with van der Waals surface area (Å²) in [6.07, 6.45) is 5.69. The van der Waals surface area contributed by atoms with Gasteiger partial charge in [-0.15, -0.1) is 0 Å². The zero-order valence-corrected chi connectivity index (χ0v) is 21.3. The maximum absolute atomic E-state index is 12.6. The van der Waals surface area contributed by atoms with Crippen molar-refractivity contribution in [3.8, 4) is 0 Å². The standard InChI is InChI=1S/C27H32N6O2.CH2O/c1-17-13-18(14-22-24(17)25-21(27(35)31-22)3-2-8-28-25)16-32-9-11-33(12-10-32)23-7-4-19(15-29-23)26(34)30-20-5-6-20;1-2/h4,7,13-15,20,28H,2-3,5-6,8-12,16H2,1H3,(H,30,34)(H,31,35);1H2. The van der Waals surface area contributed by atoms with Gasteiger partial charge in [-0.05, 0) is 61.9 Å². The summed E-state index contributed by atoms with van der Waals surface area (Å²) in [4.78, 5) is 45.2. The van der Waals surface area contributed by atoms with Crippen LogP contribution in [0.25, 0.3) is 10.9 Å². The third-order valence-corrected chi connectivity index (χ3v) is 7.40. The Labute approximate surface area is 216 Å². The van der Waals surface area contributed by atoms with Gasteiger partial charge in [-0.25, -0.2) is 4.98 Å². The number of amides is 1. The Morgan fingerprint density at radius 2 is 1.95 bits per heavy atom. The Morgan fingerprint density at radius 1 is 1.16 bits per heavy atom. The lowest BCUT2D eigenvalue weighted by atomic mass is 9.97. The van der Waals surface area contributed by atoms with Gasteiger partial charge in [0.2, 0.25) is 0 Å².